The molecule has 36 heavy (non-hydrogen) atoms. The van der Waals surface area contributed by atoms with Crippen molar-refractivity contribution in [2.45, 2.75) is 6.18 Å². The Hall–Kier alpha value is -4.52. The van der Waals surface area contributed by atoms with E-state index in [1.807, 2.05) is 12.1 Å². The van der Waals surface area contributed by atoms with Crippen molar-refractivity contribution in [3.63, 3.8) is 0 Å². The highest BCUT2D eigenvalue weighted by Crippen LogP contribution is 2.25. The van der Waals surface area contributed by atoms with E-state index in [1.165, 1.54) is 6.20 Å². The van der Waals surface area contributed by atoms with Gasteiger partial charge < -0.3 is 20.5 Å². The molecule has 2 heterocycles. The predicted molar refractivity (Wildman–Crippen MR) is 123 cm³/mol. The van der Waals surface area contributed by atoms with E-state index >= 15 is 0 Å². The third-order valence-electron chi connectivity index (χ3n) is 4.20. The molecule has 0 radical (unpaired) electrons. The molecule has 10 nitrogen and oxygen atoms in total. The van der Waals surface area contributed by atoms with Crippen LogP contribution in [0, 0.1) is 0 Å². The van der Waals surface area contributed by atoms with Crippen molar-refractivity contribution in [1.82, 2.24) is 25.5 Å². The van der Waals surface area contributed by atoms with E-state index in [2.05, 4.69) is 30.8 Å². The Labute approximate surface area is 206 Å². The largest absolute Gasteiger partial charge is 0.490 e. The highest BCUT2D eigenvalue weighted by molar-refractivity contribution is 6.30. The lowest BCUT2D eigenvalue weighted by atomic mass is 10.3. The number of rotatable bonds is 5. The molecule has 2 aromatic heterocycles. The van der Waals surface area contributed by atoms with Gasteiger partial charge in [0, 0.05) is 36.1 Å². The zero-order valence-electron chi connectivity index (χ0n) is 18.2. The van der Waals surface area contributed by atoms with Crippen molar-refractivity contribution >= 4 is 46.1 Å². The number of amides is 1. The molecule has 4 aromatic rings. The predicted octanol–water partition coefficient (Wildman–Crippen LogP) is 4.60. The molecule has 4 rings (SSSR count). The number of aliphatic carboxylic acids is 1. The molecule has 186 valence electrons. The second-order valence-electron chi connectivity index (χ2n) is 6.78. The second kappa shape index (κ2) is 11.3. The number of hydrogen-bond donors (Lipinski definition) is 3. The van der Waals surface area contributed by atoms with Gasteiger partial charge in [-0.1, -0.05) is 11.6 Å². The van der Waals surface area contributed by atoms with E-state index in [4.69, 9.17) is 26.2 Å². The number of hydrogen-bond acceptors (Lipinski definition) is 8. The second-order valence-corrected chi connectivity index (χ2v) is 7.22. The maximum Gasteiger partial charge on any atom is 0.490 e. The average molecular weight is 521 g/mol. The molecule has 0 aliphatic carbocycles. The summed E-state index contributed by atoms with van der Waals surface area (Å²) in [5.41, 5.74) is 2.31. The lowest BCUT2D eigenvalue weighted by Crippen LogP contribution is -2.21. The molecule has 0 bridgehead atoms. The summed E-state index contributed by atoms with van der Waals surface area (Å²) in [6, 6.07) is 15.7. The summed E-state index contributed by atoms with van der Waals surface area (Å²) in [5, 5.41) is 21.7. The number of nitrogens with zero attached hydrogens (tertiary/aromatic N) is 4. The van der Waals surface area contributed by atoms with Crippen LogP contribution in [0.2, 0.25) is 5.02 Å². The average Bonchev–Trinajstić information content (AvgIpc) is 2.85. The molecule has 2 aromatic carbocycles. The summed E-state index contributed by atoms with van der Waals surface area (Å²) in [7, 11) is 1.54. The minimum Gasteiger partial charge on any atom is -0.475 e. The highest BCUT2D eigenvalue weighted by atomic mass is 35.5. The fourth-order valence-electron chi connectivity index (χ4n) is 2.56. The first-order chi connectivity index (χ1) is 17.0. The number of aromatic nitrogens is 4. The van der Waals surface area contributed by atoms with Gasteiger partial charge in [-0.15, -0.1) is 10.2 Å². The molecule has 0 unspecified atom stereocenters. The van der Waals surface area contributed by atoms with Gasteiger partial charge in [0.2, 0.25) is 5.95 Å². The zero-order valence-corrected chi connectivity index (χ0v) is 19.0. The molecule has 3 N–H and O–H groups in total. The zero-order chi connectivity index (χ0) is 26.3. The number of carbonyl (C=O) groups is 2. The number of nitrogens with one attached hydrogen (secondary N) is 2. The van der Waals surface area contributed by atoms with E-state index in [0.29, 0.717) is 33.5 Å². The Morgan fingerprint density at radius 3 is 2.28 bits per heavy atom. The number of ether oxygens (including phenoxy) is 1. The molecule has 1 amide bonds. The summed E-state index contributed by atoms with van der Waals surface area (Å²) in [6.07, 6.45) is -3.57. The number of carbonyl (C=O) groups excluding carboxylic acids is 1. The number of anilines is 2. The number of fused-ring (bicyclic) bond motifs is 1. The van der Waals surface area contributed by atoms with Gasteiger partial charge in [-0.3, -0.25) is 9.78 Å². The summed E-state index contributed by atoms with van der Waals surface area (Å²) >= 11 is 5.89. The summed E-state index contributed by atoms with van der Waals surface area (Å²) in [6.45, 7) is 0. The van der Waals surface area contributed by atoms with E-state index in [9.17, 15) is 18.0 Å². The van der Waals surface area contributed by atoms with Gasteiger partial charge in [0.05, 0.1) is 5.52 Å². The lowest BCUT2D eigenvalue weighted by molar-refractivity contribution is -0.192. The third kappa shape index (κ3) is 7.24. The van der Waals surface area contributed by atoms with Gasteiger partial charge in [-0.2, -0.15) is 13.2 Å². The fraction of sp³-hybridized carbons (Fsp3) is 0.0909. The highest BCUT2D eigenvalue weighted by Gasteiger charge is 2.38. The van der Waals surface area contributed by atoms with E-state index in [0.717, 1.165) is 5.69 Å². The maximum absolute atomic E-state index is 11.7. The van der Waals surface area contributed by atoms with Gasteiger partial charge in [0.25, 0.3) is 5.91 Å². The molecule has 0 atom stereocenters. The minimum absolute atomic E-state index is 0.269. The monoisotopic (exact) mass is 520 g/mol. The SMILES string of the molecule is CNC(=O)c1cc(Oc2ccc3nc(Nc4ccc(Cl)cc4)nnc3c2)ccn1.O=C(O)C(F)(F)F. The number of halogens is 4. The number of benzene rings is 2. The minimum atomic E-state index is -5.08. The maximum atomic E-state index is 11.7. The molecular formula is C22H16ClF3N6O4. The summed E-state index contributed by atoms with van der Waals surface area (Å²) < 4.78 is 37.6. The van der Waals surface area contributed by atoms with Gasteiger partial charge in [-0.25, -0.2) is 9.78 Å². The van der Waals surface area contributed by atoms with Crippen molar-refractivity contribution in [1.29, 1.82) is 0 Å². The van der Waals surface area contributed by atoms with Crippen LogP contribution in [-0.2, 0) is 4.79 Å². The number of pyridine rings is 1. The van der Waals surface area contributed by atoms with Gasteiger partial charge in [-0.05, 0) is 42.5 Å². The number of carboxylic acids is 1. The molecule has 0 fully saturated rings. The van der Waals surface area contributed by atoms with Crippen LogP contribution in [0.5, 0.6) is 11.5 Å². The number of alkyl halides is 3. The Balaban J connectivity index is 0.000000454. The lowest BCUT2D eigenvalue weighted by Gasteiger charge is -2.08. The first-order valence-corrected chi connectivity index (χ1v) is 10.3. The Kier molecular flexibility index (Phi) is 8.17. The molecule has 0 saturated heterocycles. The Bertz CT molecular complexity index is 1390. The first-order valence-electron chi connectivity index (χ1n) is 9.88. The van der Waals surface area contributed by atoms with E-state index in [-0.39, 0.29) is 11.6 Å². The van der Waals surface area contributed by atoms with Crippen molar-refractivity contribution in [3.05, 3.63) is 71.5 Å². The van der Waals surface area contributed by atoms with E-state index in [1.54, 1.807) is 49.5 Å². The Morgan fingerprint density at radius 2 is 1.64 bits per heavy atom. The van der Waals surface area contributed by atoms with Crippen LogP contribution in [0.3, 0.4) is 0 Å². The van der Waals surface area contributed by atoms with Gasteiger partial charge >= 0.3 is 12.1 Å². The van der Waals surface area contributed by atoms with Crippen molar-refractivity contribution in [2.75, 3.05) is 12.4 Å². The quantitative estimate of drug-likeness (QED) is 0.344. The summed E-state index contributed by atoms with van der Waals surface area (Å²) in [4.78, 5) is 29.1. The van der Waals surface area contributed by atoms with E-state index < -0.39 is 12.1 Å². The molecule has 0 spiro atoms. The van der Waals surface area contributed by atoms with Crippen LogP contribution in [-0.4, -0.2) is 50.4 Å². The molecule has 14 heteroatoms. The molecule has 0 saturated carbocycles. The molecule has 0 aliphatic heterocycles. The normalized spacial score (nSPS) is 10.7. The van der Waals surface area contributed by atoms with Gasteiger partial charge in [0.1, 0.15) is 22.7 Å². The summed E-state index contributed by atoms with van der Waals surface area (Å²) in [5.74, 6) is -1.64. The number of carboxylic acid groups (broad SMARTS) is 1. The standard InChI is InChI=1S/C20H15ClN6O2.C2HF3O2/c1-22-19(28)18-11-15(8-9-23-18)29-14-6-7-16-17(10-14)26-27-20(25-16)24-13-4-2-12(21)3-5-13;3-2(4,5)1(6)7/h2-11H,1H3,(H,22,28)(H,24,25,27);(H,6,7). The van der Waals surface area contributed by atoms with Crippen LogP contribution in [0.1, 0.15) is 10.5 Å². The van der Waals surface area contributed by atoms with Crippen molar-refractivity contribution in [2.24, 2.45) is 0 Å². The molecular weight excluding hydrogens is 505 g/mol. The topological polar surface area (TPSA) is 139 Å². The van der Waals surface area contributed by atoms with Crippen LogP contribution < -0.4 is 15.4 Å². The smallest absolute Gasteiger partial charge is 0.475 e. The third-order valence-corrected chi connectivity index (χ3v) is 4.45. The van der Waals surface area contributed by atoms with Crippen LogP contribution in [0.15, 0.2) is 60.8 Å². The van der Waals surface area contributed by atoms with Gasteiger partial charge in [0.15, 0.2) is 0 Å². The molecule has 0 aliphatic rings. The van der Waals surface area contributed by atoms with Crippen LogP contribution in [0.25, 0.3) is 11.0 Å². The van der Waals surface area contributed by atoms with Crippen molar-refractivity contribution in [3.8, 4) is 11.5 Å². The van der Waals surface area contributed by atoms with Crippen LogP contribution >= 0.6 is 11.6 Å². The Morgan fingerprint density at radius 1 is 0.972 bits per heavy atom. The van der Waals surface area contributed by atoms with Crippen molar-refractivity contribution < 1.29 is 32.6 Å². The first kappa shape index (κ1) is 26.1. The van der Waals surface area contributed by atoms with Crippen LogP contribution in [0.4, 0.5) is 24.8 Å². The fourth-order valence-corrected chi connectivity index (χ4v) is 2.68.